The van der Waals surface area contributed by atoms with Crippen LogP contribution in [0.25, 0.3) is 0 Å². The van der Waals surface area contributed by atoms with Crippen LogP contribution in [0.1, 0.15) is 36.9 Å². The maximum absolute atomic E-state index is 12.5. The Bertz CT molecular complexity index is 1300. The van der Waals surface area contributed by atoms with Crippen LogP contribution in [0.15, 0.2) is 30.9 Å². The van der Waals surface area contributed by atoms with Crippen molar-refractivity contribution in [1.29, 1.82) is 5.26 Å². The monoisotopic (exact) mass is 583 g/mol. The van der Waals surface area contributed by atoms with E-state index in [-0.39, 0.29) is 18.4 Å². The van der Waals surface area contributed by atoms with Crippen molar-refractivity contribution in [2.45, 2.75) is 50.7 Å². The highest BCUT2D eigenvalue weighted by Crippen LogP contribution is 2.36. The molecule has 0 bridgehead atoms. The van der Waals surface area contributed by atoms with Crippen LogP contribution in [-0.4, -0.2) is 84.1 Å². The maximum atomic E-state index is 12.5. The summed E-state index contributed by atoms with van der Waals surface area (Å²) >= 11 is 13.0. The van der Waals surface area contributed by atoms with Gasteiger partial charge in [-0.1, -0.05) is 35.8 Å². The van der Waals surface area contributed by atoms with E-state index in [1.165, 1.54) is 6.08 Å². The van der Waals surface area contributed by atoms with Gasteiger partial charge in [0.1, 0.15) is 12.4 Å². The van der Waals surface area contributed by atoms with Crippen LogP contribution in [0.2, 0.25) is 10.0 Å². The zero-order valence-electron chi connectivity index (χ0n) is 22.9. The number of hydrogen-bond acceptors (Lipinski definition) is 8. The number of hydrogen-bond donors (Lipinski definition) is 0. The molecule has 1 aromatic heterocycles. The van der Waals surface area contributed by atoms with Gasteiger partial charge in [-0.25, -0.2) is 0 Å². The zero-order valence-corrected chi connectivity index (χ0v) is 24.4. The molecule has 2 aromatic rings. The van der Waals surface area contributed by atoms with E-state index in [1.807, 2.05) is 12.1 Å². The minimum absolute atomic E-state index is 0.153. The average Bonchev–Trinajstić information content (AvgIpc) is 3.25. The highest BCUT2D eigenvalue weighted by Gasteiger charge is 2.33. The molecule has 40 heavy (non-hydrogen) atoms. The fourth-order valence-corrected chi connectivity index (χ4v) is 6.37. The van der Waals surface area contributed by atoms with E-state index in [9.17, 15) is 10.1 Å². The van der Waals surface area contributed by atoms with Gasteiger partial charge >= 0.3 is 6.01 Å². The van der Waals surface area contributed by atoms with Gasteiger partial charge in [-0.05, 0) is 57.5 Å². The SMILES string of the molecule is C=CC(=O)N1CCN(c2nc(OC[C@@H]3CCCN3C)nc3c2CCCN(c2cccc(Cl)c2Cl)C3)C[C@H]1CC#N. The summed E-state index contributed by atoms with van der Waals surface area (Å²) in [6, 6.07) is 8.37. The summed E-state index contributed by atoms with van der Waals surface area (Å²) in [7, 11) is 2.12. The summed E-state index contributed by atoms with van der Waals surface area (Å²) in [5, 5.41) is 10.5. The van der Waals surface area contributed by atoms with Gasteiger partial charge in [0.05, 0.1) is 46.5 Å². The van der Waals surface area contributed by atoms with Gasteiger partial charge in [-0.15, -0.1) is 0 Å². The summed E-state index contributed by atoms with van der Waals surface area (Å²) in [6.45, 7) is 8.15. The number of halogens is 2. The highest BCUT2D eigenvalue weighted by atomic mass is 35.5. The predicted molar refractivity (Wildman–Crippen MR) is 157 cm³/mol. The Balaban J connectivity index is 1.49. The molecule has 3 aliphatic rings. The molecule has 5 rings (SSSR count). The van der Waals surface area contributed by atoms with E-state index in [0.717, 1.165) is 61.5 Å². The third-order valence-electron chi connectivity index (χ3n) is 8.16. The van der Waals surface area contributed by atoms with Gasteiger partial charge < -0.3 is 24.3 Å². The minimum Gasteiger partial charge on any atom is -0.462 e. The van der Waals surface area contributed by atoms with E-state index in [4.69, 9.17) is 37.9 Å². The third kappa shape index (κ3) is 5.99. The van der Waals surface area contributed by atoms with E-state index < -0.39 is 0 Å². The van der Waals surface area contributed by atoms with Gasteiger partial charge in [0.2, 0.25) is 5.91 Å². The van der Waals surface area contributed by atoms with Crippen molar-refractivity contribution >= 4 is 40.6 Å². The molecule has 4 heterocycles. The number of fused-ring (bicyclic) bond motifs is 1. The first-order chi connectivity index (χ1) is 19.4. The van der Waals surface area contributed by atoms with Crippen molar-refractivity contribution in [3.63, 3.8) is 0 Å². The first kappa shape index (κ1) is 28.5. The lowest BCUT2D eigenvalue weighted by molar-refractivity contribution is -0.128. The Hall–Kier alpha value is -3.06. The Morgan fingerprint density at radius 2 is 2.02 bits per heavy atom. The summed E-state index contributed by atoms with van der Waals surface area (Å²) < 4.78 is 6.25. The fourth-order valence-electron chi connectivity index (χ4n) is 5.95. The van der Waals surface area contributed by atoms with Crippen molar-refractivity contribution in [1.82, 2.24) is 19.8 Å². The number of likely N-dealkylation sites (tertiary alicyclic amines) is 1. The van der Waals surface area contributed by atoms with Crippen molar-refractivity contribution in [3.8, 4) is 12.1 Å². The molecule has 9 nitrogen and oxygen atoms in total. The van der Waals surface area contributed by atoms with Crippen molar-refractivity contribution in [2.75, 3.05) is 56.2 Å². The number of nitriles is 1. The van der Waals surface area contributed by atoms with Crippen LogP contribution in [-0.2, 0) is 17.8 Å². The number of piperazine rings is 1. The van der Waals surface area contributed by atoms with Crippen molar-refractivity contribution < 1.29 is 9.53 Å². The number of ether oxygens (including phenoxy) is 1. The van der Waals surface area contributed by atoms with E-state index in [2.05, 4.69) is 34.4 Å². The molecule has 2 atom stereocenters. The fraction of sp³-hybridized carbons (Fsp3) is 0.517. The molecule has 0 aliphatic carbocycles. The van der Waals surface area contributed by atoms with E-state index in [1.54, 1.807) is 11.0 Å². The first-order valence-corrected chi connectivity index (χ1v) is 14.6. The van der Waals surface area contributed by atoms with Crippen LogP contribution in [0.3, 0.4) is 0 Å². The van der Waals surface area contributed by atoms with Crippen LogP contribution >= 0.6 is 23.2 Å². The molecule has 0 N–H and O–H groups in total. The predicted octanol–water partition coefficient (Wildman–Crippen LogP) is 4.33. The molecule has 0 unspecified atom stereocenters. The molecule has 0 spiro atoms. The summed E-state index contributed by atoms with van der Waals surface area (Å²) in [5.74, 6) is 0.674. The average molecular weight is 585 g/mol. The molecular formula is C29H35Cl2N7O2. The molecule has 11 heteroatoms. The Morgan fingerprint density at radius 3 is 2.77 bits per heavy atom. The molecule has 3 aliphatic heterocycles. The summed E-state index contributed by atoms with van der Waals surface area (Å²) in [6.07, 6.45) is 5.48. The number of benzene rings is 1. The van der Waals surface area contributed by atoms with Gasteiger partial charge in [-0.3, -0.25) is 4.79 Å². The second-order valence-electron chi connectivity index (χ2n) is 10.6. The molecule has 0 saturated carbocycles. The number of likely N-dealkylation sites (N-methyl/N-ethyl adjacent to an activating group) is 1. The second kappa shape index (κ2) is 12.6. The number of aromatic nitrogens is 2. The van der Waals surface area contributed by atoms with E-state index in [0.29, 0.717) is 54.9 Å². The summed E-state index contributed by atoms with van der Waals surface area (Å²) in [4.78, 5) is 30.8. The molecule has 2 fully saturated rings. The van der Waals surface area contributed by atoms with Crippen molar-refractivity contribution in [2.24, 2.45) is 0 Å². The number of nitrogens with zero attached hydrogens (tertiary/aromatic N) is 7. The second-order valence-corrected chi connectivity index (χ2v) is 11.4. The standard InChI is InChI=1S/C29H35Cl2N7O2/c1-3-26(39)38-16-15-37(17-20(38)11-12-32)28-22-8-6-14-36(25-10-4-9-23(30)27(25)31)18-24(22)33-29(34-28)40-19-21-7-5-13-35(21)2/h3-4,9-10,20-21H,1,5-8,11,13-19H2,2H3/t20-,21+/m1/s1. The molecule has 212 valence electrons. The number of carbonyl (C=O) groups excluding carboxylic acids is 1. The number of anilines is 2. The Morgan fingerprint density at radius 1 is 1.18 bits per heavy atom. The molecule has 0 radical (unpaired) electrons. The largest absolute Gasteiger partial charge is 0.462 e. The smallest absolute Gasteiger partial charge is 0.318 e. The minimum atomic E-state index is -0.251. The van der Waals surface area contributed by atoms with E-state index >= 15 is 0 Å². The normalized spacial score (nSPS) is 21.5. The molecule has 1 aromatic carbocycles. The topological polar surface area (TPSA) is 88.8 Å². The first-order valence-electron chi connectivity index (χ1n) is 13.9. The number of amides is 1. The number of carbonyl (C=O) groups is 1. The Labute approximate surface area is 245 Å². The number of rotatable bonds is 7. The van der Waals surface area contributed by atoms with Gasteiger partial charge in [0.15, 0.2) is 0 Å². The van der Waals surface area contributed by atoms with Crippen LogP contribution in [0.4, 0.5) is 11.5 Å². The van der Waals surface area contributed by atoms with Crippen molar-refractivity contribution in [3.05, 3.63) is 52.2 Å². The van der Waals surface area contributed by atoms with Gasteiger partial charge in [0, 0.05) is 37.8 Å². The van der Waals surface area contributed by atoms with Crippen LogP contribution < -0.4 is 14.5 Å². The summed E-state index contributed by atoms with van der Waals surface area (Å²) in [5.41, 5.74) is 2.85. The highest BCUT2D eigenvalue weighted by molar-refractivity contribution is 6.43. The molecular weight excluding hydrogens is 549 g/mol. The zero-order chi connectivity index (χ0) is 28.2. The Kier molecular flexibility index (Phi) is 8.99. The lowest BCUT2D eigenvalue weighted by Gasteiger charge is -2.41. The maximum Gasteiger partial charge on any atom is 0.318 e. The third-order valence-corrected chi connectivity index (χ3v) is 8.97. The lowest BCUT2D eigenvalue weighted by Crippen LogP contribution is -2.55. The quantitative estimate of drug-likeness (QED) is 0.445. The van der Waals surface area contributed by atoms with Crippen LogP contribution in [0, 0.1) is 11.3 Å². The molecule has 2 saturated heterocycles. The van der Waals surface area contributed by atoms with Gasteiger partial charge in [0.25, 0.3) is 0 Å². The lowest BCUT2D eigenvalue weighted by atomic mass is 10.1. The van der Waals surface area contributed by atoms with Gasteiger partial charge in [-0.2, -0.15) is 15.2 Å². The van der Waals surface area contributed by atoms with Crippen LogP contribution in [0.5, 0.6) is 6.01 Å². The molecule has 1 amide bonds.